The maximum absolute atomic E-state index is 12.1. The van der Waals surface area contributed by atoms with Gasteiger partial charge in [-0.15, -0.1) is 0 Å². The van der Waals surface area contributed by atoms with Crippen molar-refractivity contribution >= 4 is 20.9 Å². The number of fused-ring (bicyclic) bond motifs is 1. The molecule has 0 atom stereocenters. The summed E-state index contributed by atoms with van der Waals surface area (Å²) >= 11 is 0. The van der Waals surface area contributed by atoms with Crippen LogP contribution in [0.3, 0.4) is 0 Å². The molecule has 0 amide bonds. The molecule has 0 aliphatic rings. The zero-order valence-electron chi connectivity index (χ0n) is 25.6. The number of rotatable bonds is 23. The van der Waals surface area contributed by atoms with Gasteiger partial charge in [-0.3, -0.25) is 0 Å². The van der Waals surface area contributed by atoms with Crippen LogP contribution in [0.2, 0.25) is 0 Å². The van der Waals surface area contributed by atoms with Crippen LogP contribution >= 0.6 is 0 Å². The van der Waals surface area contributed by atoms with Gasteiger partial charge in [-0.2, -0.15) is 0 Å². The van der Waals surface area contributed by atoms with Crippen molar-refractivity contribution in [3.05, 3.63) is 41.5 Å². The Hall–Kier alpha value is 0.246. The minimum atomic E-state index is -4.52. The van der Waals surface area contributed by atoms with Crippen LogP contribution in [-0.2, 0) is 23.0 Å². The van der Waals surface area contributed by atoms with Crippen LogP contribution < -0.4 is 51.4 Å². The van der Waals surface area contributed by atoms with E-state index in [2.05, 4.69) is 26.0 Å². The molecule has 0 spiro atoms. The summed E-state index contributed by atoms with van der Waals surface area (Å²) in [5.41, 5.74) is 2.10. The largest absolute Gasteiger partial charge is 1.00 e. The van der Waals surface area contributed by atoms with E-state index in [-0.39, 0.29) is 56.3 Å². The molecule has 0 saturated carbocycles. The van der Waals surface area contributed by atoms with Gasteiger partial charge in [0, 0.05) is 0 Å². The second kappa shape index (κ2) is 22.8. The van der Waals surface area contributed by atoms with Crippen LogP contribution in [0.4, 0.5) is 0 Å². The Morgan fingerprint density at radius 2 is 0.949 bits per heavy atom. The zero-order chi connectivity index (χ0) is 27.5. The average Bonchev–Trinajstić information content (AvgIpc) is 2.90. The van der Waals surface area contributed by atoms with Crippen molar-refractivity contribution in [3.8, 4) is 0 Å². The molecule has 0 fully saturated rings. The molecule has 39 heavy (non-hydrogen) atoms. The van der Waals surface area contributed by atoms with Crippen molar-refractivity contribution in [1.29, 1.82) is 0 Å². The van der Waals surface area contributed by atoms with Gasteiger partial charge < -0.3 is 4.55 Å². The van der Waals surface area contributed by atoms with Crippen LogP contribution in [0, 0.1) is 0 Å². The predicted octanol–water partition coefficient (Wildman–Crippen LogP) is 7.67. The fourth-order valence-electron chi connectivity index (χ4n) is 5.57. The molecule has 0 radical (unpaired) electrons. The van der Waals surface area contributed by atoms with Gasteiger partial charge in [-0.25, -0.2) is 8.42 Å². The summed E-state index contributed by atoms with van der Waals surface area (Å²) in [6, 6.07) is 9.79. The number of aryl methyl sites for hydroxylation is 2. The van der Waals surface area contributed by atoms with Gasteiger partial charge >= 0.3 is 51.4 Å². The fraction of sp³-hybridized carbons (Fsp3) is 0.706. The molecule has 0 heterocycles. The van der Waals surface area contributed by atoms with Crippen molar-refractivity contribution in [2.24, 2.45) is 0 Å². The van der Waals surface area contributed by atoms with E-state index in [1.54, 1.807) is 6.07 Å². The van der Waals surface area contributed by atoms with Crippen LogP contribution in [0.1, 0.15) is 153 Å². The molecule has 2 rings (SSSR count). The number of hydrogen-bond donors (Lipinski definition) is 0. The third kappa shape index (κ3) is 16.5. The van der Waals surface area contributed by atoms with Gasteiger partial charge in [0.2, 0.25) is 0 Å². The second-order valence-corrected chi connectivity index (χ2v) is 12.8. The van der Waals surface area contributed by atoms with E-state index in [0.717, 1.165) is 48.6 Å². The summed E-state index contributed by atoms with van der Waals surface area (Å²) in [4.78, 5) is -0.0398. The Morgan fingerprint density at radius 3 is 1.38 bits per heavy atom. The van der Waals surface area contributed by atoms with E-state index >= 15 is 0 Å². The topological polar surface area (TPSA) is 57.2 Å². The summed E-state index contributed by atoms with van der Waals surface area (Å²) in [5.74, 6) is 0. The second-order valence-electron chi connectivity index (χ2n) is 11.5. The quantitative estimate of drug-likeness (QED) is 0.0767. The molecule has 0 aliphatic heterocycles. The third-order valence-corrected chi connectivity index (χ3v) is 8.82. The Labute approximate surface area is 283 Å². The van der Waals surface area contributed by atoms with E-state index in [0.29, 0.717) is 5.39 Å². The molecular formula is C34H55KO3S. The Bertz CT molecular complexity index is 1000. The molecule has 0 bridgehead atoms. The zero-order valence-corrected chi connectivity index (χ0v) is 29.5. The Morgan fingerprint density at radius 1 is 0.538 bits per heavy atom. The van der Waals surface area contributed by atoms with E-state index in [4.69, 9.17) is 0 Å². The minimum Gasteiger partial charge on any atom is -0.744 e. The van der Waals surface area contributed by atoms with Crippen molar-refractivity contribution in [3.63, 3.8) is 0 Å². The molecule has 0 saturated heterocycles. The normalized spacial score (nSPS) is 11.7. The molecule has 0 unspecified atom stereocenters. The molecule has 2 aromatic rings. The smallest absolute Gasteiger partial charge is 0.744 e. The SMILES string of the molecule is CCCCCCCCCCCCc1cc(S(=O)(=O)[O-])c2cc(CCCCCCCCCCCC)ccc2c1.[K+]. The van der Waals surface area contributed by atoms with Gasteiger partial charge in [0.1, 0.15) is 10.1 Å². The van der Waals surface area contributed by atoms with Gasteiger partial charge in [0.05, 0.1) is 4.90 Å². The molecule has 5 heteroatoms. The maximum atomic E-state index is 12.1. The first-order chi connectivity index (χ1) is 18.5. The summed E-state index contributed by atoms with van der Waals surface area (Å²) < 4.78 is 36.4. The number of unbranched alkanes of at least 4 members (excludes halogenated alkanes) is 18. The predicted molar refractivity (Wildman–Crippen MR) is 163 cm³/mol. The van der Waals surface area contributed by atoms with Crippen LogP contribution in [0.25, 0.3) is 10.8 Å². The molecule has 0 aliphatic carbocycles. The monoisotopic (exact) mass is 582 g/mol. The van der Waals surface area contributed by atoms with Crippen molar-refractivity contribution in [2.75, 3.05) is 0 Å². The van der Waals surface area contributed by atoms with E-state index < -0.39 is 10.1 Å². The van der Waals surface area contributed by atoms with Gasteiger partial charge in [0.15, 0.2) is 0 Å². The third-order valence-electron chi connectivity index (χ3n) is 7.95. The molecule has 3 nitrogen and oxygen atoms in total. The molecule has 216 valence electrons. The average molecular weight is 583 g/mol. The van der Waals surface area contributed by atoms with Crippen LogP contribution in [-0.4, -0.2) is 13.0 Å². The fourth-order valence-corrected chi connectivity index (χ4v) is 6.31. The van der Waals surface area contributed by atoms with Gasteiger partial charge in [-0.05, 0) is 59.7 Å². The standard InChI is InChI=1S/C34H56O3S.K/c1-3-5-7-9-11-13-15-17-19-21-23-30-25-26-32-27-31(29-34(33(32)28-30)38(35,36)37)24-22-20-18-16-14-12-10-8-6-4-2;/h25-29H,3-24H2,1-2H3,(H,35,36,37);/q;+1/p-1. The number of benzene rings is 2. The van der Waals surface area contributed by atoms with Crippen molar-refractivity contribution in [2.45, 2.75) is 160 Å². The summed E-state index contributed by atoms with van der Waals surface area (Å²) in [6.45, 7) is 4.51. The van der Waals surface area contributed by atoms with Gasteiger partial charge in [0.25, 0.3) is 0 Å². The van der Waals surface area contributed by atoms with Crippen molar-refractivity contribution < 1.29 is 64.4 Å². The molecular weight excluding hydrogens is 528 g/mol. The Kier molecular flexibility index (Phi) is 21.8. The number of hydrogen-bond acceptors (Lipinski definition) is 3. The summed E-state index contributed by atoms with van der Waals surface area (Å²) in [5, 5.41) is 1.47. The van der Waals surface area contributed by atoms with Crippen LogP contribution in [0.15, 0.2) is 35.2 Å². The molecule has 0 aromatic heterocycles. The summed E-state index contributed by atoms with van der Waals surface area (Å²) in [6.07, 6.45) is 27.5. The van der Waals surface area contributed by atoms with Crippen LogP contribution in [0.5, 0.6) is 0 Å². The van der Waals surface area contributed by atoms with E-state index in [9.17, 15) is 13.0 Å². The Balaban J connectivity index is 0.00000760. The molecule has 0 N–H and O–H groups in total. The first-order valence-electron chi connectivity index (χ1n) is 16.0. The van der Waals surface area contributed by atoms with E-state index in [1.807, 2.05) is 12.1 Å². The maximum Gasteiger partial charge on any atom is 1.00 e. The minimum absolute atomic E-state index is 0. The van der Waals surface area contributed by atoms with Gasteiger partial charge in [-0.1, -0.05) is 148 Å². The summed E-state index contributed by atoms with van der Waals surface area (Å²) in [7, 11) is -4.52. The van der Waals surface area contributed by atoms with E-state index in [1.165, 1.54) is 109 Å². The first-order valence-corrected chi connectivity index (χ1v) is 17.4. The van der Waals surface area contributed by atoms with Crippen molar-refractivity contribution in [1.82, 2.24) is 0 Å². The first kappa shape index (κ1) is 37.3. The molecule has 2 aromatic carbocycles.